The van der Waals surface area contributed by atoms with Crippen LogP contribution < -0.4 is 0 Å². The SMILES string of the molecule is [c]1cc2cccnc2n1-c1ccccc1SCN1CCOCC1. The summed E-state index contributed by atoms with van der Waals surface area (Å²) < 4.78 is 7.47. The highest BCUT2D eigenvalue weighted by molar-refractivity contribution is 7.99. The number of aromatic nitrogens is 2. The molecule has 1 aliphatic rings. The smallest absolute Gasteiger partial charge is 0.145 e. The van der Waals surface area contributed by atoms with Gasteiger partial charge < -0.3 is 4.74 Å². The number of pyridine rings is 1. The van der Waals surface area contributed by atoms with E-state index < -0.39 is 0 Å². The monoisotopic (exact) mass is 324 g/mol. The molecule has 1 fully saturated rings. The van der Waals surface area contributed by atoms with Gasteiger partial charge in [0.25, 0.3) is 0 Å². The molecular formula is C18H18N3OS. The van der Waals surface area contributed by atoms with Gasteiger partial charge in [0.15, 0.2) is 0 Å². The van der Waals surface area contributed by atoms with Crippen LogP contribution in [0.4, 0.5) is 0 Å². The maximum Gasteiger partial charge on any atom is 0.145 e. The number of ether oxygens (including phenoxy) is 1. The summed E-state index contributed by atoms with van der Waals surface area (Å²) in [6.07, 6.45) is 5.15. The van der Waals surface area contributed by atoms with Crippen LogP contribution in [0.1, 0.15) is 0 Å². The van der Waals surface area contributed by atoms with Gasteiger partial charge in [-0.25, -0.2) is 4.98 Å². The molecule has 1 saturated heterocycles. The molecule has 23 heavy (non-hydrogen) atoms. The minimum atomic E-state index is 0.835. The third-order valence-electron chi connectivity index (χ3n) is 3.99. The molecule has 0 spiro atoms. The van der Waals surface area contributed by atoms with Crippen LogP contribution >= 0.6 is 11.8 Å². The zero-order chi connectivity index (χ0) is 15.5. The summed E-state index contributed by atoms with van der Waals surface area (Å²) in [5.74, 6) is 0.979. The molecule has 4 nitrogen and oxygen atoms in total. The van der Waals surface area contributed by atoms with Crippen molar-refractivity contribution in [1.82, 2.24) is 14.5 Å². The lowest BCUT2D eigenvalue weighted by Gasteiger charge is -2.26. The molecule has 0 N–H and O–H groups in total. The number of fused-ring (bicyclic) bond motifs is 1. The van der Waals surface area contributed by atoms with Crippen LogP contribution in [-0.4, -0.2) is 46.6 Å². The maximum absolute atomic E-state index is 5.41. The van der Waals surface area contributed by atoms with Gasteiger partial charge in [-0.2, -0.15) is 0 Å². The predicted molar refractivity (Wildman–Crippen MR) is 93.0 cm³/mol. The van der Waals surface area contributed by atoms with Crippen LogP contribution in [0.2, 0.25) is 0 Å². The first-order chi connectivity index (χ1) is 11.4. The fourth-order valence-electron chi connectivity index (χ4n) is 2.74. The highest BCUT2D eigenvalue weighted by Gasteiger charge is 2.13. The Kier molecular flexibility index (Phi) is 4.33. The quantitative estimate of drug-likeness (QED) is 0.690. The molecule has 5 heteroatoms. The van der Waals surface area contributed by atoms with Gasteiger partial charge >= 0.3 is 0 Å². The Bertz CT molecular complexity index is 796. The fraction of sp³-hybridized carbons (Fsp3) is 0.278. The molecule has 3 heterocycles. The molecule has 0 unspecified atom stereocenters. The van der Waals surface area contributed by atoms with E-state index in [4.69, 9.17) is 4.74 Å². The van der Waals surface area contributed by atoms with Crippen LogP contribution in [0.15, 0.2) is 53.6 Å². The standard InChI is InChI=1S/C18H18N3OS/c1-2-6-17(23-14-20-10-12-22-13-11-20)16(5-1)21-9-7-15-4-3-8-19-18(15)21/h1-8H,10-14H2. The van der Waals surface area contributed by atoms with Gasteiger partial charge in [0, 0.05) is 35.4 Å². The summed E-state index contributed by atoms with van der Waals surface area (Å²) in [4.78, 5) is 8.18. The van der Waals surface area contributed by atoms with Crippen LogP contribution in [0.3, 0.4) is 0 Å². The first-order valence-electron chi connectivity index (χ1n) is 7.78. The lowest BCUT2D eigenvalue weighted by molar-refractivity contribution is 0.0474. The van der Waals surface area contributed by atoms with Crippen LogP contribution in [0, 0.1) is 6.20 Å². The van der Waals surface area contributed by atoms with Gasteiger partial charge in [-0.1, -0.05) is 12.1 Å². The Morgan fingerprint density at radius 1 is 1.13 bits per heavy atom. The highest BCUT2D eigenvalue weighted by atomic mass is 32.2. The Balaban J connectivity index is 1.61. The number of hydrogen-bond acceptors (Lipinski definition) is 4. The number of thioether (sulfide) groups is 1. The Morgan fingerprint density at radius 2 is 2.00 bits per heavy atom. The van der Waals surface area contributed by atoms with Crippen molar-refractivity contribution in [3.8, 4) is 5.69 Å². The summed E-state index contributed by atoms with van der Waals surface area (Å²) in [5.41, 5.74) is 2.09. The van der Waals surface area contributed by atoms with E-state index in [0.717, 1.165) is 48.9 Å². The average Bonchev–Trinajstić information content (AvgIpc) is 3.05. The number of hydrogen-bond donors (Lipinski definition) is 0. The van der Waals surface area contributed by atoms with Gasteiger partial charge in [-0.05, 0) is 30.3 Å². The largest absolute Gasteiger partial charge is 0.379 e. The predicted octanol–water partition coefficient (Wildman–Crippen LogP) is 3.21. The van der Waals surface area contributed by atoms with Gasteiger partial charge in [-0.3, -0.25) is 9.47 Å². The van der Waals surface area contributed by atoms with Crippen molar-refractivity contribution < 1.29 is 4.74 Å². The number of rotatable bonds is 4. The van der Waals surface area contributed by atoms with E-state index in [1.807, 2.05) is 30.1 Å². The van der Waals surface area contributed by atoms with Crippen molar-refractivity contribution in [2.45, 2.75) is 4.90 Å². The van der Waals surface area contributed by atoms with Crippen LogP contribution in [0.25, 0.3) is 16.7 Å². The lowest BCUT2D eigenvalue weighted by atomic mass is 10.3. The Labute approximate surface area is 140 Å². The zero-order valence-corrected chi connectivity index (χ0v) is 13.6. The number of nitrogens with zero attached hydrogens (tertiary/aromatic N) is 3. The van der Waals surface area contributed by atoms with Crippen molar-refractivity contribution in [1.29, 1.82) is 0 Å². The van der Waals surface area contributed by atoms with Gasteiger partial charge in [0.05, 0.1) is 25.1 Å². The summed E-state index contributed by atoms with van der Waals surface area (Å²) in [5, 5.41) is 1.11. The molecule has 1 aliphatic heterocycles. The third-order valence-corrected chi connectivity index (χ3v) is 5.14. The maximum atomic E-state index is 5.41. The van der Waals surface area contributed by atoms with Crippen molar-refractivity contribution in [2.24, 2.45) is 0 Å². The van der Waals surface area contributed by atoms with Crippen LogP contribution in [0.5, 0.6) is 0 Å². The van der Waals surface area contributed by atoms with E-state index in [-0.39, 0.29) is 0 Å². The second kappa shape index (κ2) is 6.74. The van der Waals surface area contributed by atoms with Gasteiger partial charge in [-0.15, -0.1) is 11.8 Å². The van der Waals surface area contributed by atoms with E-state index >= 15 is 0 Å². The van der Waals surface area contributed by atoms with Crippen molar-refractivity contribution in [3.63, 3.8) is 0 Å². The molecular weight excluding hydrogens is 306 g/mol. The molecule has 0 bridgehead atoms. The topological polar surface area (TPSA) is 30.3 Å². The molecule has 4 rings (SSSR count). The molecule has 0 aliphatic carbocycles. The summed E-state index contributed by atoms with van der Waals surface area (Å²) in [6, 6.07) is 14.5. The Morgan fingerprint density at radius 3 is 2.91 bits per heavy atom. The third kappa shape index (κ3) is 3.13. The van der Waals surface area contributed by atoms with Crippen molar-refractivity contribution in [3.05, 3.63) is 54.9 Å². The van der Waals surface area contributed by atoms with Crippen LogP contribution in [-0.2, 0) is 4.74 Å². The number of benzene rings is 1. The fourth-order valence-corrected chi connectivity index (χ4v) is 3.80. The first-order valence-corrected chi connectivity index (χ1v) is 8.77. The van der Waals surface area contributed by atoms with Gasteiger partial charge in [0.2, 0.25) is 0 Å². The zero-order valence-electron chi connectivity index (χ0n) is 12.8. The molecule has 117 valence electrons. The summed E-state index contributed by atoms with van der Waals surface area (Å²) >= 11 is 1.86. The Hall–Kier alpha value is -1.82. The lowest BCUT2D eigenvalue weighted by Crippen LogP contribution is -2.35. The van der Waals surface area contributed by atoms with E-state index in [9.17, 15) is 0 Å². The molecule has 1 radical (unpaired) electrons. The van der Waals surface area contributed by atoms with Gasteiger partial charge in [0.1, 0.15) is 5.65 Å². The summed E-state index contributed by atoms with van der Waals surface area (Å²) in [7, 11) is 0. The molecule has 2 aromatic heterocycles. The van der Waals surface area contributed by atoms with E-state index in [1.165, 1.54) is 4.90 Å². The average molecular weight is 324 g/mol. The minimum absolute atomic E-state index is 0.835. The minimum Gasteiger partial charge on any atom is -0.379 e. The van der Waals surface area contributed by atoms with E-state index in [0.29, 0.717) is 0 Å². The number of morpholine rings is 1. The number of para-hydroxylation sites is 1. The van der Waals surface area contributed by atoms with E-state index in [2.05, 4.69) is 51.0 Å². The van der Waals surface area contributed by atoms with Crippen molar-refractivity contribution in [2.75, 3.05) is 32.2 Å². The first kappa shape index (κ1) is 14.8. The molecule has 0 saturated carbocycles. The molecule has 1 aromatic carbocycles. The van der Waals surface area contributed by atoms with E-state index in [1.54, 1.807) is 0 Å². The molecule has 0 atom stereocenters. The normalized spacial score (nSPS) is 16.0. The second-order valence-electron chi connectivity index (χ2n) is 5.50. The highest BCUT2D eigenvalue weighted by Crippen LogP contribution is 2.29. The van der Waals surface area contributed by atoms with Crippen molar-refractivity contribution >= 4 is 22.8 Å². The summed E-state index contributed by atoms with van der Waals surface area (Å²) in [6.45, 7) is 3.69. The second-order valence-corrected chi connectivity index (χ2v) is 6.48. The molecule has 0 amide bonds. The molecule has 3 aromatic rings.